The Kier molecular flexibility index (Phi) is 7.21. The maximum Gasteiger partial charge on any atom is 0.311 e. The van der Waals surface area contributed by atoms with E-state index in [9.17, 15) is 19.5 Å². The molecule has 1 N–H and O–H groups in total. The molecule has 7 nitrogen and oxygen atoms in total. The molecule has 0 aromatic rings. The first-order valence-electron chi connectivity index (χ1n) is 12.7. The molecule has 2 amide bonds. The summed E-state index contributed by atoms with van der Waals surface area (Å²) in [6.07, 6.45) is 11.7. The second-order valence-electron chi connectivity index (χ2n) is 10.5. The summed E-state index contributed by atoms with van der Waals surface area (Å²) in [5.74, 6) is -2.13. The van der Waals surface area contributed by atoms with Crippen LogP contribution in [0.2, 0.25) is 0 Å². The number of nitrogens with zero attached hydrogens (tertiary/aromatic N) is 2. The fourth-order valence-electron chi connectivity index (χ4n) is 6.21. The lowest BCUT2D eigenvalue weighted by Crippen LogP contribution is -2.58. The molecule has 4 aliphatic heterocycles. The molecule has 4 aliphatic rings. The Labute approximate surface area is 206 Å². The number of carbonyl (C=O) groups excluding carboxylic acids is 3. The van der Waals surface area contributed by atoms with Gasteiger partial charge in [-0.05, 0) is 25.7 Å². The van der Waals surface area contributed by atoms with Crippen LogP contribution in [0.5, 0.6) is 0 Å². The Balaban J connectivity index is 1.84. The van der Waals surface area contributed by atoms with E-state index in [1.807, 2.05) is 50.0 Å². The number of ether oxygens (including phenoxy) is 1. The van der Waals surface area contributed by atoms with Gasteiger partial charge in [-0.2, -0.15) is 0 Å². The Bertz CT molecular complexity index is 888. The van der Waals surface area contributed by atoms with Crippen LogP contribution in [0, 0.1) is 17.8 Å². The third-order valence-corrected chi connectivity index (χ3v) is 9.68. The van der Waals surface area contributed by atoms with Crippen LogP contribution < -0.4 is 0 Å². The van der Waals surface area contributed by atoms with Crippen LogP contribution in [0.15, 0.2) is 24.3 Å². The quantitative estimate of drug-likeness (QED) is 0.336. The number of hydrogen-bond acceptors (Lipinski definition) is 6. The fraction of sp³-hybridized carbons (Fsp3) is 0.731. The number of aliphatic hydroxyl groups is 1. The molecule has 0 aliphatic carbocycles. The van der Waals surface area contributed by atoms with Crippen LogP contribution in [0.3, 0.4) is 0 Å². The topological polar surface area (TPSA) is 87.2 Å². The SMILES string of the molecule is CCCCCN1CC=C[C@]23S[C@]4(C)C=CCCOC(=O)[C@@H]4[C@H]2C(=O)N([C@@H](CO)C(C)C)C3C1=O. The molecular weight excluding hydrogens is 452 g/mol. The predicted octanol–water partition coefficient (Wildman–Crippen LogP) is 2.78. The first kappa shape index (κ1) is 25.3. The molecule has 4 rings (SSSR count). The van der Waals surface area contributed by atoms with E-state index in [1.165, 1.54) is 0 Å². The van der Waals surface area contributed by atoms with Crippen molar-refractivity contribution in [2.75, 3.05) is 26.3 Å². The van der Waals surface area contributed by atoms with Crippen LogP contribution in [0.25, 0.3) is 0 Å². The maximum atomic E-state index is 14.2. The molecule has 1 spiro atoms. The molecule has 0 aromatic heterocycles. The van der Waals surface area contributed by atoms with Gasteiger partial charge in [0, 0.05) is 17.8 Å². The van der Waals surface area contributed by atoms with Crippen molar-refractivity contribution in [3.63, 3.8) is 0 Å². The number of aliphatic hydroxyl groups excluding tert-OH is 1. The van der Waals surface area contributed by atoms with Crippen LogP contribution in [0.1, 0.15) is 53.4 Å². The molecule has 2 fully saturated rings. The van der Waals surface area contributed by atoms with Crippen molar-refractivity contribution in [3.05, 3.63) is 24.3 Å². The molecule has 4 heterocycles. The van der Waals surface area contributed by atoms with Crippen molar-refractivity contribution < 1.29 is 24.2 Å². The normalized spacial score (nSPS) is 36.1. The number of esters is 1. The van der Waals surface area contributed by atoms with Crippen molar-refractivity contribution in [1.29, 1.82) is 0 Å². The predicted molar refractivity (Wildman–Crippen MR) is 132 cm³/mol. The number of cyclic esters (lactones) is 1. The number of fused-ring (bicyclic) bond motifs is 2. The van der Waals surface area contributed by atoms with Crippen LogP contribution >= 0.6 is 11.8 Å². The Morgan fingerprint density at radius 3 is 2.59 bits per heavy atom. The minimum absolute atomic E-state index is 0.0426. The van der Waals surface area contributed by atoms with Crippen molar-refractivity contribution >= 4 is 29.5 Å². The van der Waals surface area contributed by atoms with E-state index in [-0.39, 0.29) is 30.3 Å². The minimum atomic E-state index is -0.886. The molecule has 1 unspecified atom stereocenters. The molecule has 8 heteroatoms. The number of unbranched alkanes of at least 4 members (excludes halogenated alkanes) is 2. The first-order chi connectivity index (χ1) is 16.2. The van der Waals surface area contributed by atoms with E-state index < -0.39 is 33.4 Å². The van der Waals surface area contributed by atoms with E-state index in [2.05, 4.69) is 6.92 Å². The number of amides is 2. The standard InChI is InChI=1S/C26H38N2O5S/c1-5-6-8-13-27-14-10-12-26-19(20-24(32)33-15-9-7-11-25(20,4)34-26)22(30)28(21(26)23(27)31)18(16-29)17(2)3/h7,10-12,17-21,29H,5-6,8-9,13-16H2,1-4H3/t18-,19-,20-,21?,25+,26-/m0/s1. The molecule has 0 bridgehead atoms. The largest absolute Gasteiger partial charge is 0.465 e. The van der Waals surface area contributed by atoms with Gasteiger partial charge in [0.15, 0.2) is 0 Å². The summed E-state index contributed by atoms with van der Waals surface area (Å²) in [5, 5.41) is 10.3. The highest BCUT2D eigenvalue weighted by Gasteiger charge is 2.74. The van der Waals surface area contributed by atoms with Gasteiger partial charge in [0.2, 0.25) is 11.8 Å². The van der Waals surface area contributed by atoms with Gasteiger partial charge in [-0.15, -0.1) is 11.8 Å². The summed E-state index contributed by atoms with van der Waals surface area (Å²) in [6, 6.07) is -1.26. The smallest absolute Gasteiger partial charge is 0.311 e. The van der Waals surface area contributed by atoms with E-state index in [0.29, 0.717) is 26.1 Å². The van der Waals surface area contributed by atoms with Crippen molar-refractivity contribution in [2.45, 2.75) is 75.0 Å². The highest BCUT2D eigenvalue weighted by molar-refractivity contribution is 8.02. The Morgan fingerprint density at radius 2 is 1.91 bits per heavy atom. The van der Waals surface area contributed by atoms with E-state index in [1.54, 1.807) is 16.7 Å². The molecule has 0 saturated carbocycles. The summed E-state index contributed by atoms with van der Waals surface area (Å²) in [7, 11) is 0. The number of thioether (sulfide) groups is 1. The van der Waals surface area contributed by atoms with Gasteiger partial charge < -0.3 is 19.6 Å². The van der Waals surface area contributed by atoms with Gasteiger partial charge in [-0.3, -0.25) is 14.4 Å². The van der Waals surface area contributed by atoms with Crippen molar-refractivity contribution in [3.8, 4) is 0 Å². The van der Waals surface area contributed by atoms with Gasteiger partial charge in [0.05, 0.1) is 35.8 Å². The average molecular weight is 491 g/mol. The monoisotopic (exact) mass is 490 g/mol. The molecule has 2 saturated heterocycles. The summed E-state index contributed by atoms with van der Waals surface area (Å²) in [4.78, 5) is 45.1. The summed E-state index contributed by atoms with van der Waals surface area (Å²) < 4.78 is 4.02. The number of rotatable bonds is 7. The zero-order chi connectivity index (χ0) is 24.7. The highest BCUT2D eigenvalue weighted by atomic mass is 32.2. The minimum Gasteiger partial charge on any atom is -0.465 e. The number of likely N-dealkylation sites (tertiary alicyclic amines) is 1. The fourth-order valence-corrected chi connectivity index (χ4v) is 8.34. The van der Waals surface area contributed by atoms with Crippen molar-refractivity contribution in [2.24, 2.45) is 17.8 Å². The van der Waals surface area contributed by atoms with Gasteiger partial charge in [0.1, 0.15) is 6.04 Å². The molecule has 0 aromatic carbocycles. The molecule has 188 valence electrons. The molecule has 6 atom stereocenters. The van der Waals surface area contributed by atoms with Gasteiger partial charge in [-0.1, -0.05) is 57.9 Å². The lowest BCUT2D eigenvalue weighted by Gasteiger charge is -2.41. The Hall–Kier alpha value is -1.80. The van der Waals surface area contributed by atoms with Gasteiger partial charge in [0.25, 0.3) is 0 Å². The van der Waals surface area contributed by atoms with Crippen LogP contribution in [0.4, 0.5) is 0 Å². The van der Waals surface area contributed by atoms with E-state index in [4.69, 9.17) is 4.74 Å². The zero-order valence-corrected chi connectivity index (χ0v) is 21.6. The average Bonchev–Trinajstić information content (AvgIpc) is 3.10. The molecule has 0 radical (unpaired) electrons. The summed E-state index contributed by atoms with van der Waals surface area (Å²) in [5.41, 5.74) is 0. The lowest BCUT2D eigenvalue weighted by atomic mass is 9.74. The van der Waals surface area contributed by atoms with E-state index >= 15 is 0 Å². The van der Waals surface area contributed by atoms with E-state index in [0.717, 1.165) is 19.3 Å². The summed E-state index contributed by atoms with van der Waals surface area (Å²) in [6.45, 7) is 9.21. The first-order valence-corrected chi connectivity index (χ1v) is 13.5. The summed E-state index contributed by atoms with van der Waals surface area (Å²) >= 11 is 1.55. The van der Waals surface area contributed by atoms with Crippen molar-refractivity contribution in [1.82, 2.24) is 9.80 Å². The van der Waals surface area contributed by atoms with Crippen LogP contribution in [-0.2, 0) is 19.1 Å². The number of carbonyl (C=O) groups is 3. The van der Waals surface area contributed by atoms with Gasteiger partial charge >= 0.3 is 5.97 Å². The Morgan fingerprint density at radius 1 is 1.15 bits per heavy atom. The second-order valence-corrected chi connectivity index (χ2v) is 12.3. The second kappa shape index (κ2) is 9.69. The number of hydrogen-bond donors (Lipinski definition) is 1. The molecule has 34 heavy (non-hydrogen) atoms. The highest BCUT2D eigenvalue weighted by Crippen LogP contribution is 2.65. The third kappa shape index (κ3) is 3.91. The maximum absolute atomic E-state index is 14.2. The zero-order valence-electron chi connectivity index (χ0n) is 20.7. The van der Waals surface area contributed by atoms with Crippen LogP contribution in [-0.4, -0.2) is 80.6 Å². The molecular formula is C26H38N2O5S. The third-order valence-electron chi connectivity index (χ3n) is 7.89. The lowest BCUT2D eigenvalue weighted by molar-refractivity contribution is -0.155. The van der Waals surface area contributed by atoms with Gasteiger partial charge in [-0.25, -0.2) is 0 Å².